The van der Waals surface area contributed by atoms with Gasteiger partial charge in [-0.3, -0.25) is 9.59 Å². The molecule has 0 atom stereocenters. The predicted molar refractivity (Wildman–Crippen MR) is 130 cm³/mol. The van der Waals surface area contributed by atoms with E-state index in [1.165, 1.54) is 11.6 Å². The van der Waals surface area contributed by atoms with Crippen LogP contribution in [0.3, 0.4) is 0 Å². The fourth-order valence-electron chi connectivity index (χ4n) is 3.55. The fraction of sp³-hybridized carbons (Fsp3) is 0.200. The highest BCUT2D eigenvalue weighted by molar-refractivity contribution is 6.33. The van der Waals surface area contributed by atoms with E-state index in [2.05, 4.69) is 20.4 Å². The number of carbonyl (C=O) groups is 1. The van der Waals surface area contributed by atoms with Crippen LogP contribution in [0.25, 0.3) is 11.4 Å². The number of hydrogen-bond acceptors (Lipinski definition) is 4. The van der Waals surface area contributed by atoms with Gasteiger partial charge in [-0.05, 0) is 38.0 Å². The summed E-state index contributed by atoms with van der Waals surface area (Å²) in [5.74, 6) is 0.101. The molecule has 0 spiro atoms. The Morgan fingerprint density at radius 1 is 1.12 bits per heavy atom. The lowest BCUT2D eigenvalue weighted by molar-refractivity contribution is 0.102. The van der Waals surface area contributed by atoms with Crippen LogP contribution in [0.5, 0.6) is 0 Å². The van der Waals surface area contributed by atoms with E-state index < -0.39 is 0 Å². The Kier molecular flexibility index (Phi) is 6.42. The summed E-state index contributed by atoms with van der Waals surface area (Å²) in [7, 11) is 0. The first-order chi connectivity index (χ1) is 15.8. The highest BCUT2D eigenvalue weighted by atomic mass is 35.5. The molecule has 168 valence electrons. The van der Waals surface area contributed by atoms with Gasteiger partial charge in [0.1, 0.15) is 11.0 Å². The quantitative estimate of drug-likeness (QED) is 0.432. The maximum absolute atomic E-state index is 13.0. The second-order valence-corrected chi connectivity index (χ2v) is 8.23. The molecule has 1 amide bonds. The Hall–Kier alpha value is -3.71. The summed E-state index contributed by atoms with van der Waals surface area (Å²) >= 11 is 6.54. The zero-order valence-electron chi connectivity index (χ0n) is 18.6. The Balaban J connectivity index is 1.57. The minimum atomic E-state index is -0.353. The van der Waals surface area contributed by atoms with Crippen molar-refractivity contribution in [3.05, 3.63) is 98.2 Å². The van der Waals surface area contributed by atoms with Gasteiger partial charge in [0.05, 0.1) is 17.8 Å². The average molecular weight is 462 g/mol. The van der Waals surface area contributed by atoms with Crippen molar-refractivity contribution in [3.63, 3.8) is 0 Å². The molecule has 4 rings (SSSR count). The van der Waals surface area contributed by atoms with Gasteiger partial charge < -0.3 is 10.3 Å². The van der Waals surface area contributed by atoms with Crippen LogP contribution in [0.2, 0.25) is 5.15 Å². The van der Waals surface area contributed by atoms with E-state index in [4.69, 9.17) is 11.6 Å². The van der Waals surface area contributed by atoms with Crippen LogP contribution < -0.4 is 10.9 Å². The van der Waals surface area contributed by atoms with E-state index in [0.717, 1.165) is 5.56 Å². The van der Waals surface area contributed by atoms with Crippen LogP contribution in [-0.2, 0) is 13.0 Å². The molecular weight excluding hydrogens is 438 g/mol. The van der Waals surface area contributed by atoms with Crippen LogP contribution in [-0.4, -0.2) is 25.7 Å². The lowest BCUT2D eigenvalue weighted by Crippen LogP contribution is -2.14. The SMILES string of the molecule is CCc1cc(=O)[nH]c(-c2cccc(NC(=O)c3c(C)nn(Cc4ccc(C)cc4)c3Cl)c2)n1. The molecule has 0 bridgehead atoms. The Labute approximate surface area is 196 Å². The molecule has 2 aromatic heterocycles. The van der Waals surface area contributed by atoms with Gasteiger partial charge in [-0.1, -0.05) is 60.5 Å². The smallest absolute Gasteiger partial charge is 0.260 e. The van der Waals surface area contributed by atoms with Gasteiger partial charge in [0, 0.05) is 23.0 Å². The Bertz CT molecular complexity index is 1370. The molecule has 0 fully saturated rings. The Morgan fingerprint density at radius 3 is 2.61 bits per heavy atom. The van der Waals surface area contributed by atoms with Gasteiger partial charge in [0.15, 0.2) is 0 Å². The number of H-pyrrole nitrogens is 1. The number of carbonyl (C=O) groups excluding carboxylic acids is 1. The van der Waals surface area contributed by atoms with Gasteiger partial charge in [0.25, 0.3) is 11.5 Å². The number of aromatic amines is 1. The van der Waals surface area contributed by atoms with Crippen molar-refractivity contribution in [2.24, 2.45) is 0 Å². The largest absolute Gasteiger partial charge is 0.322 e. The van der Waals surface area contributed by atoms with Crippen molar-refractivity contribution < 1.29 is 4.79 Å². The van der Waals surface area contributed by atoms with Gasteiger partial charge in [0.2, 0.25) is 0 Å². The fourth-order valence-corrected chi connectivity index (χ4v) is 3.87. The predicted octanol–water partition coefficient (Wildman–Crippen LogP) is 4.77. The number of hydrogen-bond donors (Lipinski definition) is 2. The van der Waals surface area contributed by atoms with Crippen LogP contribution >= 0.6 is 11.6 Å². The minimum Gasteiger partial charge on any atom is -0.322 e. The van der Waals surface area contributed by atoms with Crippen molar-refractivity contribution >= 4 is 23.2 Å². The summed E-state index contributed by atoms with van der Waals surface area (Å²) < 4.78 is 1.62. The van der Waals surface area contributed by atoms with Gasteiger partial charge in [-0.2, -0.15) is 5.10 Å². The number of anilines is 1. The number of rotatable bonds is 6. The molecule has 0 aliphatic rings. The molecule has 0 saturated carbocycles. The lowest BCUT2D eigenvalue weighted by atomic mass is 10.1. The molecule has 0 unspecified atom stereocenters. The minimum absolute atomic E-state index is 0.213. The molecule has 0 saturated heterocycles. The Morgan fingerprint density at radius 2 is 1.88 bits per heavy atom. The molecule has 4 aromatic rings. The molecule has 0 aliphatic heterocycles. The monoisotopic (exact) mass is 461 g/mol. The number of amides is 1. The molecule has 33 heavy (non-hydrogen) atoms. The average Bonchev–Trinajstić information content (AvgIpc) is 3.07. The first-order valence-corrected chi connectivity index (χ1v) is 11.0. The summed E-state index contributed by atoms with van der Waals surface area (Å²) in [6, 6.07) is 16.7. The molecule has 0 radical (unpaired) electrons. The van der Waals surface area contributed by atoms with E-state index in [1.54, 1.807) is 29.8 Å². The molecule has 2 aromatic carbocycles. The van der Waals surface area contributed by atoms with Gasteiger partial charge >= 0.3 is 0 Å². The van der Waals surface area contributed by atoms with Crippen molar-refractivity contribution in [1.82, 2.24) is 19.7 Å². The number of benzene rings is 2. The zero-order chi connectivity index (χ0) is 23.5. The highest BCUT2D eigenvalue weighted by Crippen LogP contribution is 2.24. The number of aryl methyl sites for hydroxylation is 3. The first-order valence-electron chi connectivity index (χ1n) is 10.6. The standard InChI is InChI=1S/C25H24ClN5O2/c1-4-19-13-21(32)29-24(27-19)18-6-5-7-20(12-18)28-25(33)22-16(3)30-31(23(22)26)14-17-10-8-15(2)9-11-17/h5-13H,4,14H2,1-3H3,(H,28,33)(H,27,29,32). The molecule has 2 N–H and O–H groups in total. The topological polar surface area (TPSA) is 92.7 Å². The molecule has 7 nitrogen and oxygen atoms in total. The maximum atomic E-state index is 13.0. The molecular formula is C25H24ClN5O2. The van der Waals surface area contributed by atoms with Crippen LogP contribution in [0, 0.1) is 13.8 Å². The summed E-state index contributed by atoms with van der Waals surface area (Å²) in [5.41, 5.74) is 4.82. The van der Waals surface area contributed by atoms with E-state index in [1.807, 2.05) is 44.2 Å². The van der Waals surface area contributed by atoms with Gasteiger partial charge in [-0.15, -0.1) is 0 Å². The van der Waals surface area contributed by atoms with Crippen molar-refractivity contribution in [2.75, 3.05) is 5.32 Å². The number of aromatic nitrogens is 4. The molecule has 2 heterocycles. The van der Waals surface area contributed by atoms with E-state index >= 15 is 0 Å². The summed E-state index contributed by atoms with van der Waals surface area (Å²) in [5, 5.41) is 7.62. The van der Waals surface area contributed by atoms with Crippen LogP contribution in [0.4, 0.5) is 5.69 Å². The lowest BCUT2D eigenvalue weighted by Gasteiger charge is -2.08. The van der Waals surface area contributed by atoms with E-state index in [-0.39, 0.29) is 16.6 Å². The van der Waals surface area contributed by atoms with E-state index in [9.17, 15) is 9.59 Å². The summed E-state index contributed by atoms with van der Waals surface area (Å²) in [6.07, 6.45) is 0.650. The third-order valence-corrected chi connectivity index (χ3v) is 5.68. The number of halogens is 1. The number of nitrogens with zero attached hydrogens (tertiary/aromatic N) is 3. The molecule has 0 aliphatic carbocycles. The first kappa shape index (κ1) is 22.5. The second-order valence-electron chi connectivity index (χ2n) is 7.87. The normalized spacial score (nSPS) is 10.9. The van der Waals surface area contributed by atoms with E-state index in [0.29, 0.717) is 47.0 Å². The third kappa shape index (κ3) is 5.04. The second kappa shape index (κ2) is 9.42. The zero-order valence-corrected chi connectivity index (χ0v) is 19.4. The number of nitrogens with one attached hydrogen (secondary N) is 2. The maximum Gasteiger partial charge on any atom is 0.260 e. The highest BCUT2D eigenvalue weighted by Gasteiger charge is 2.21. The van der Waals surface area contributed by atoms with Crippen molar-refractivity contribution in [2.45, 2.75) is 33.7 Å². The molecule has 8 heteroatoms. The summed E-state index contributed by atoms with van der Waals surface area (Å²) in [6.45, 7) is 6.19. The van der Waals surface area contributed by atoms with Crippen LogP contribution in [0.1, 0.15) is 39.8 Å². The third-order valence-electron chi connectivity index (χ3n) is 5.30. The van der Waals surface area contributed by atoms with Crippen molar-refractivity contribution in [3.8, 4) is 11.4 Å². The summed E-state index contributed by atoms with van der Waals surface area (Å²) in [4.78, 5) is 32.2. The van der Waals surface area contributed by atoms with Crippen molar-refractivity contribution in [1.29, 1.82) is 0 Å². The van der Waals surface area contributed by atoms with Gasteiger partial charge in [-0.25, -0.2) is 9.67 Å². The van der Waals surface area contributed by atoms with Crippen LogP contribution in [0.15, 0.2) is 59.4 Å².